The molecule has 0 saturated carbocycles. The van der Waals surface area contributed by atoms with Gasteiger partial charge in [-0.15, -0.1) is 5.06 Å². The number of imide groups is 1. The van der Waals surface area contributed by atoms with Gasteiger partial charge in [-0.1, -0.05) is 48.6 Å². The summed E-state index contributed by atoms with van der Waals surface area (Å²) in [4.78, 5) is 44.4. The second-order valence-corrected chi connectivity index (χ2v) is 24.2. The maximum Gasteiger partial charge on any atom is 0.333 e. The quantitative estimate of drug-likeness (QED) is 0.0256. The summed E-state index contributed by atoms with van der Waals surface area (Å²) in [5.74, 6) is 3.05. The van der Waals surface area contributed by atoms with E-state index >= 15 is 0 Å². The number of fused-ring (bicyclic) bond motifs is 3. The van der Waals surface area contributed by atoms with Crippen molar-refractivity contribution in [3.8, 4) is 5.75 Å². The Balaban J connectivity index is 1.32. The van der Waals surface area contributed by atoms with E-state index < -0.39 is 75.5 Å². The summed E-state index contributed by atoms with van der Waals surface area (Å²) in [6, 6.07) is 17.5. The van der Waals surface area contributed by atoms with Crippen molar-refractivity contribution in [2.45, 2.75) is 88.0 Å². The molecule has 0 bridgehead atoms. The molecule has 0 aromatic heterocycles. The fourth-order valence-electron chi connectivity index (χ4n) is 9.95. The van der Waals surface area contributed by atoms with Crippen molar-refractivity contribution in [3.63, 3.8) is 0 Å². The first kappa shape index (κ1) is 58.7. The zero-order valence-corrected chi connectivity index (χ0v) is 45.8. The number of hydrogen-bond acceptors (Lipinski definition) is 17. The second-order valence-electron chi connectivity index (χ2n) is 19.5. The molecule has 3 aromatic rings. The third-order valence-electron chi connectivity index (χ3n) is 13.7. The molecule has 0 radical (unpaired) electrons. The minimum Gasteiger partial charge on any atom is -0.456 e. The van der Waals surface area contributed by atoms with Gasteiger partial charge in [0.2, 0.25) is 5.69 Å². The predicted octanol–water partition coefficient (Wildman–Crippen LogP) is 6.08. The number of rotatable bonds is 27. The lowest BCUT2D eigenvalue weighted by atomic mass is 9.75. The predicted molar refractivity (Wildman–Crippen MR) is 285 cm³/mol. The summed E-state index contributed by atoms with van der Waals surface area (Å²) in [5.41, 5.74) is 4.48. The van der Waals surface area contributed by atoms with Crippen molar-refractivity contribution >= 4 is 82.1 Å². The molecule has 416 valence electrons. The van der Waals surface area contributed by atoms with Crippen LogP contribution >= 0.6 is 0 Å². The first-order valence-corrected chi connectivity index (χ1v) is 29.6. The van der Waals surface area contributed by atoms with E-state index in [1.54, 1.807) is 19.3 Å². The first-order chi connectivity index (χ1) is 36.4. The van der Waals surface area contributed by atoms with Gasteiger partial charge in [0.25, 0.3) is 42.2 Å². The highest BCUT2D eigenvalue weighted by Gasteiger charge is 2.48. The second kappa shape index (κ2) is 24.8. The molecule has 0 spiro atoms. The van der Waals surface area contributed by atoms with Crippen LogP contribution in [0.1, 0.15) is 94.4 Å². The van der Waals surface area contributed by atoms with Gasteiger partial charge in [0, 0.05) is 85.5 Å². The summed E-state index contributed by atoms with van der Waals surface area (Å²) in [5, 5.41) is 0.462. The zero-order chi connectivity index (χ0) is 55.8. The normalized spacial score (nSPS) is 18.9. The average molecular weight is 1130 g/mol. The first-order valence-electron chi connectivity index (χ1n) is 25.0. The van der Waals surface area contributed by atoms with Crippen LogP contribution in [0.15, 0.2) is 95.9 Å². The summed E-state index contributed by atoms with van der Waals surface area (Å²) >= 11 is 0. The van der Waals surface area contributed by atoms with E-state index in [4.69, 9.17) is 29.7 Å². The van der Waals surface area contributed by atoms with Crippen LogP contribution in [0.4, 0.5) is 11.4 Å². The molecular formula is C53H65N4O17S3+. The van der Waals surface area contributed by atoms with E-state index in [1.807, 2.05) is 80.0 Å². The minimum atomic E-state index is -4.72. The van der Waals surface area contributed by atoms with E-state index in [0.29, 0.717) is 84.1 Å². The highest BCUT2D eigenvalue weighted by Crippen LogP contribution is 2.48. The van der Waals surface area contributed by atoms with Gasteiger partial charge in [-0.05, 0) is 81.9 Å². The number of ether oxygens (including phenoxy) is 4. The fourth-order valence-corrected chi connectivity index (χ4v) is 11.5. The molecule has 21 nitrogen and oxygen atoms in total. The van der Waals surface area contributed by atoms with Crippen LogP contribution in [0.3, 0.4) is 0 Å². The number of carbonyl (C=O) groups excluding carboxylic acids is 3. The Labute approximate surface area is 449 Å². The number of nitrogens with zero attached hydrogens (tertiary/aromatic N) is 3. The molecule has 1 unspecified atom stereocenters. The maximum absolute atomic E-state index is 13.1. The highest BCUT2D eigenvalue weighted by atomic mass is 32.2. The Morgan fingerprint density at radius 1 is 0.857 bits per heavy atom. The summed E-state index contributed by atoms with van der Waals surface area (Å²) in [6.45, 7) is 8.20. The SMILES string of the molecule is COCCOCCOCCC1=CC(C)(C)N(CCCS(=O)(=O)O)c2cc3c(cc21)C(=CC=CC1=[N+](CCCS(=O)(=O)ON)c2ccc(S(=O)(=O)O)cc2C1(C)CCCC(=O)ON1C(=O)CCC1=O)C=C(c1ccccc1)O3. The molecule has 1 fully saturated rings. The minimum absolute atomic E-state index is 0.00341. The summed E-state index contributed by atoms with van der Waals surface area (Å²) in [6.07, 6.45) is 9.97. The Morgan fingerprint density at radius 3 is 2.23 bits per heavy atom. The van der Waals surface area contributed by atoms with Gasteiger partial charge in [0.05, 0.1) is 60.4 Å². The smallest absolute Gasteiger partial charge is 0.333 e. The molecule has 1 saturated heterocycles. The summed E-state index contributed by atoms with van der Waals surface area (Å²) in [7, 11) is -11.5. The van der Waals surface area contributed by atoms with Crippen LogP contribution in [0, 0.1) is 0 Å². The number of amides is 2. The third-order valence-corrected chi connectivity index (χ3v) is 16.4. The van der Waals surface area contributed by atoms with Crippen LogP contribution in [0.5, 0.6) is 5.75 Å². The summed E-state index contributed by atoms with van der Waals surface area (Å²) < 4.78 is 123. The Kier molecular flexibility index (Phi) is 18.9. The number of hydroxylamine groups is 2. The van der Waals surface area contributed by atoms with Crippen molar-refractivity contribution < 1.29 is 81.4 Å². The molecule has 4 aliphatic heterocycles. The van der Waals surface area contributed by atoms with E-state index in [-0.39, 0.29) is 58.0 Å². The van der Waals surface area contributed by atoms with Crippen molar-refractivity contribution in [1.29, 1.82) is 0 Å². The van der Waals surface area contributed by atoms with Gasteiger partial charge in [-0.3, -0.25) is 18.7 Å². The van der Waals surface area contributed by atoms with Crippen molar-refractivity contribution in [2.24, 2.45) is 5.90 Å². The number of anilines is 1. The third kappa shape index (κ3) is 14.6. The Bertz CT molecular complexity index is 3230. The van der Waals surface area contributed by atoms with Gasteiger partial charge >= 0.3 is 5.97 Å². The van der Waals surface area contributed by atoms with Crippen LogP contribution in [-0.4, -0.2) is 138 Å². The number of nitrogens with two attached hydrogens (primary N) is 1. The van der Waals surface area contributed by atoms with Crippen molar-refractivity contribution in [2.75, 3.05) is 69.6 Å². The van der Waals surface area contributed by atoms with Crippen LogP contribution in [0.2, 0.25) is 0 Å². The molecular weight excluding hydrogens is 1060 g/mol. The van der Waals surface area contributed by atoms with Gasteiger partial charge in [0.1, 0.15) is 18.1 Å². The molecule has 1 atom stereocenters. The zero-order valence-electron chi connectivity index (χ0n) is 43.3. The number of allylic oxidation sites excluding steroid dienone is 5. The van der Waals surface area contributed by atoms with Gasteiger partial charge in [-0.25, -0.2) is 4.79 Å². The van der Waals surface area contributed by atoms with Crippen molar-refractivity contribution in [3.05, 3.63) is 113 Å². The molecule has 7 rings (SSSR count). The lowest BCUT2D eigenvalue weighted by Crippen LogP contribution is -2.46. The molecule has 3 aromatic carbocycles. The number of hydrogen-bond donors (Lipinski definition) is 3. The average Bonchev–Trinajstić information content (AvgIpc) is 3.84. The monoisotopic (exact) mass is 1130 g/mol. The Morgan fingerprint density at radius 2 is 1.56 bits per heavy atom. The van der Waals surface area contributed by atoms with Gasteiger partial charge < -0.3 is 28.7 Å². The lowest BCUT2D eigenvalue weighted by Gasteiger charge is -2.44. The molecule has 2 amide bonds. The van der Waals surface area contributed by atoms with Crippen LogP contribution in [0.25, 0.3) is 16.9 Å². The molecule has 4 N–H and O–H groups in total. The van der Waals surface area contributed by atoms with Gasteiger partial charge in [-0.2, -0.15) is 40.0 Å². The van der Waals surface area contributed by atoms with E-state index in [2.05, 4.69) is 15.3 Å². The number of carbonyl (C=O) groups is 3. The van der Waals surface area contributed by atoms with Crippen LogP contribution in [-0.2, 0) is 73.5 Å². The fraction of sp³-hybridized carbons (Fsp3) is 0.434. The molecule has 77 heavy (non-hydrogen) atoms. The number of benzene rings is 3. The maximum atomic E-state index is 13.1. The van der Waals surface area contributed by atoms with Gasteiger partial charge in [0.15, 0.2) is 5.71 Å². The van der Waals surface area contributed by atoms with Crippen molar-refractivity contribution in [1.82, 2.24) is 5.06 Å². The number of methoxy groups -OCH3 is 1. The molecule has 24 heteroatoms. The molecule has 4 heterocycles. The largest absolute Gasteiger partial charge is 0.456 e. The topological polar surface area (TPSA) is 285 Å². The van der Waals surface area contributed by atoms with Crippen LogP contribution < -0.4 is 15.5 Å². The molecule has 4 aliphatic rings. The lowest BCUT2D eigenvalue weighted by molar-refractivity contribution is -0.437. The van der Waals surface area contributed by atoms with E-state index in [9.17, 15) is 48.7 Å². The highest BCUT2D eigenvalue weighted by molar-refractivity contribution is 7.86. The van der Waals surface area contributed by atoms with E-state index in [0.717, 1.165) is 22.4 Å². The standard InChI is InChI=1S/C53H64N4O17S3/c1-52(2)36-39(21-25-70-28-29-71-27-26-69-4)41-34-42-38(32-46(37-12-6-5-7-13-37)72-47(42)35-45(41)56(52)24-11-30-75(61,62)63)14-8-15-48-53(3,22-9-16-51(60)73-57-49(58)19-20-50(57)59)43-33-40(77(66,67)68)17-18-44(43)55(48)23-10-31-76(64,65)74-54/h5-8,12-15,17-18,32-36H,9-11,16,19-31,54H2,1-4H3,(H-,61,62,63,66,67,68)/p+1. The Hall–Kier alpha value is -5.93. The molecule has 0 aliphatic carbocycles. The van der Waals surface area contributed by atoms with E-state index in [1.165, 1.54) is 18.2 Å².